The summed E-state index contributed by atoms with van der Waals surface area (Å²) in [6, 6.07) is 2.13. The number of hydrogen-bond acceptors (Lipinski definition) is 6. The molecule has 0 unspecified atom stereocenters. The number of ether oxygens (including phenoxy) is 2. The number of anilines is 1. The Morgan fingerprint density at radius 2 is 1.96 bits per heavy atom. The molecule has 2 rings (SSSR count). The molecule has 0 radical (unpaired) electrons. The summed E-state index contributed by atoms with van der Waals surface area (Å²) in [6.45, 7) is 0.759. The molecule has 140 valence electrons. The second kappa shape index (κ2) is 7.02. The number of hydrogen-bond donors (Lipinski definition) is 1. The molecule has 7 nitrogen and oxygen atoms in total. The molecule has 1 heterocycles. The topological polar surface area (TPSA) is 96.4 Å². The van der Waals surface area contributed by atoms with Crippen LogP contribution in [0.4, 0.5) is 23.4 Å². The molecular formula is C15H13F4N3O4. The predicted molar refractivity (Wildman–Crippen MR) is 80.1 cm³/mol. The van der Waals surface area contributed by atoms with Crippen LogP contribution in [0.5, 0.6) is 5.75 Å². The maximum atomic E-state index is 13.6. The number of Topliss-reactive ketones (excluding diaryl/α,β-unsaturated/α-hetero) is 1. The van der Waals surface area contributed by atoms with E-state index >= 15 is 0 Å². The lowest BCUT2D eigenvalue weighted by Gasteiger charge is -2.10. The van der Waals surface area contributed by atoms with Crippen molar-refractivity contribution in [2.45, 2.75) is 13.3 Å². The Morgan fingerprint density at radius 3 is 2.46 bits per heavy atom. The Bertz CT molecular complexity index is 861. The number of rotatable bonds is 5. The number of ketones is 1. The van der Waals surface area contributed by atoms with Crippen molar-refractivity contribution in [3.05, 3.63) is 40.8 Å². The fourth-order valence-electron chi connectivity index (χ4n) is 2.10. The number of halogens is 4. The third-order valence-corrected chi connectivity index (χ3v) is 3.28. The average molecular weight is 375 g/mol. The summed E-state index contributed by atoms with van der Waals surface area (Å²) in [6.07, 6.45) is -5.07. The van der Waals surface area contributed by atoms with Crippen LogP contribution < -0.4 is 10.5 Å². The zero-order valence-electron chi connectivity index (χ0n) is 13.6. The fourth-order valence-corrected chi connectivity index (χ4v) is 2.10. The summed E-state index contributed by atoms with van der Waals surface area (Å²) in [5, 5.41) is 3.92. The summed E-state index contributed by atoms with van der Waals surface area (Å²) in [7, 11) is 1.51. The van der Waals surface area contributed by atoms with E-state index in [4.69, 9.17) is 10.5 Å². The number of nitrogen functional groups attached to an aromatic ring is 1. The van der Waals surface area contributed by atoms with Crippen molar-refractivity contribution in [2.75, 3.05) is 12.3 Å². The molecule has 0 fully saturated rings. The number of nitrogens with zero attached hydrogens (tertiary/aromatic N) is 2. The van der Waals surface area contributed by atoms with E-state index in [0.29, 0.717) is 17.8 Å². The monoisotopic (exact) mass is 375 g/mol. The first-order valence-electron chi connectivity index (χ1n) is 7.04. The van der Waals surface area contributed by atoms with Gasteiger partial charge in [0.15, 0.2) is 24.0 Å². The molecule has 0 saturated carbocycles. The van der Waals surface area contributed by atoms with Gasteiger partial charge in [-0.15, -0.1) is 13.2 Å². The van der Waals surface area contributed by atoms with Crippen molar-refractivity contribution in [3.63, 3.8) is 0 Å². The van der Waals surface area contributed by atoms with E-state index in [-0.39, 0.29) is 16.9 Å². The minimum Gasteiger partial charge on any atom is -0.454 e. The van der Waals surface area contributed by atoms with Crippen LogP contribution in [0.15, 0.2) is 18.2 Å². The van der Waals surface area contributed by atoms with Crippen LogP contribution in [0, 0.1) is 12.7 Å². The number of benzene rings is 1. The van der Waals surface area contributed by atoms with E-state index in [1.807, 2.05) is 0 Å². The highest BCUT2D eigenvalue weighted by Crippen LogP contribution is 2.26. The van der Waals surface area contributed by atoms with Gasteiger partial charge in [-0.05, 0) is 25.1 Å². The molecule has 2 N–H and O–H groups in total. The summed E-state index contributed by atoms with van der Waals surface area (Å²) < 4.78 is 59.4. The number of aryl methyl sites for hydroxylation is 2. The van der Waals surface area contributed by atoms with Gasteiger partial charge in [-0.2, -0.15) is 5.10 Å². The van der Waals surface area contributed by atoms with Gasteiger partial charge in [-0.1, -0.05) is 0 Å². The molecule has 2 aromatic rings. The molecule has 1 aromatic heterocycles. The average Bonchev–Trinajstić information content (AvgIpc) is 2.78. The lowest BCUT2D eigenvalue weighted by Crippen LogP contribution is -2.19. The third-order valence-electron chi connectivity index (χ3n) is 3.28. The van der Waals surface area contributed by atoms with E-state index in [9.17, 15) is 27.2 Å². The molecule has 0 spiro atoms. The molecule has 0 aliphatic heterocycles. The van der Waals surface area contributed by atoms with Crippen molar-refractivity contribution < 1.29 is 36.6 Å². The van der Waals surface area contributed by atoms with Gasteiger partial charge in [0, 0.05) is 12.6 Å². The van der Waals surface area contributed by atoms with Crippen molar-refractivity contribution in [1.29, 1.82) is 0 Å². The van der Waals surface area contributed by atoms with Crippen LogP contribution in [-0.4, -0.2) is 34.5 Å². The highest BCUT2D eigenvalue weighted by molar-refractivity contribution is 6.00. The minimum atomic E-state index is -5.07. The summed E-state index contributed by atoms with van der Waals surface area (Å²) in [5.74, 6) is -4.15. The quantitative estimate of drug-likeness (QED) is 0.490. The van der Waals surface area contributed by atoms with Gasteiger partial charge in [0.2, 0.25) is 0 Å². The van der Waals surface area contributed by atoms with E-state index < -0.39 is 36.3 Å². The summed E-state index contributed by atoms with van der Waals surface area (Å²) in [5.41, 5.74) is 5.66. The molecule has 0 saturated heterocycles. The Morgan fingerprint density at radius 1 is 1.31 bits per heavy atom. The molecule has 0 amide bonds. The smallest absolute Gasteiger partial charge is 0.454 e. The number of aromatic nitrogens is 2. The molecule has 0 aliphatic carbocycles. The van der Waals surface area contributed by atoms with Crippen LogP contribution in [0.1, 0.15) is 26.4 Å². The first-order valence-corrected chi connectivity index (χ1v) is 7.04. The normalized spacial score (nSPS) is 11.3. The minimum absolute atomic E-state index is 0.0135. The number of carbonyl (C=O) groups excluding carboxylic acids is 2. The Kier molecular flexibility index (Phi) is 5.19. The van der Waals surface area contributed by atoms with E-state index in [1.54, 1.807) is 0 Å². The zero-order chi connectivity index (χ0) is 19.6. The maximum absolute atomic E-state index is 13.6. The van der Waals surface area contributed by atoms with E-state index in [2.05, 4.69) is 9.84 Å². The lowest BCUT2D eigenvalue weighted by atomic mass is 10.1. The van der Waals surface area contributed by atoms with Gasteiger partial charge in [0.05, 0.1) is 5.69 Å². The molecule has 11 heteroatoms. The van der Waals surface area contributed by atoms with E-state index in [0.717, 1.165) is 6.07 Å². The van der Waals surface area contributed by atoms with Crippen LogP contribution >= 0.6 is 0 Å². The molecule has 26 heavy (non-hydrogen) atoms. The van der Waals surface area contributed by atoms with Crippen molar-refractivity contribution >= 4 is 17.6 Å². The fraction of sp³-hybridized carbons (Fsp3) is 0.267. The van der Waals surface area contributed by atoms with Crippen molar-refractivity contribution in [3.8, 4) is 5.75 Å². The third kappa shape index (κ3) is 4.29. The Hall–Kier alpha value is -3.11. The molecule has 0 atom stereocenters. The van der Waals surface area contributed by atoms with Crippen LogP contribution in [0.25, 0.3) is 0 Å². The molecule has 1 aromatic carbocycles. The number of nitrogens with two attached hydrogens (primary N) is 1. The number of esters is 1. The first kappa shape index (κ1) is 19.2. The molecule has 0 aliphatic rings. The molecular weight excluding hydrogens is 362 g/mol. The zero-order valence-corrected chi connectivity index (χ0v) is 13.6. The van der Waals surface area contributed by atoms with Gasteiger partial charge in [0.25, 0.3) is 0 Å². The van der Waals surface area contributed by atoms with Gasteiger partial charge in [0.1, 0.15) is 11.4 Å². The Labute approximate surface area is 144 Å². The van der Waals surface area contributed by atoms with Crippen molar-refractivity contribution in [2.24, 2.45) is 7.05 Å². The SMILES string of the molecule is Cc1nn(C)c(N)c1C(=O)OCC(=O)c1ccc(OC(F)(F)F)c(F)c1. The van der Waals surface area contributed by atoms with Crippen LogP contribution in [-0.2, 0) is 11.8 Å². The van der Waals surface area contributed by atoms with Crippen molar-refractivity contribution in [1.82, 2.24) is 9.78 Å². The second-order valence-corrected chi connectivity index (χ2v) is 5.16. The van der Waals surface area contributed by atoms with Crippen LogP contribution in [0.2, 0.25) is 0 Å². The second-order valence-electron chi connectivity index (χ2n) is 5.16. The van der Waals surface area contributed by atoms with Gasteiger partial charge >= 0.3 is 12.3 Å². The number of carbonyl (C=O) groups is 2. The number of alkyl halides is 3. The lowest BCUT2D eigenvalue weighted by molar-refractivity contribution is -0.275. The standard InChI is InChI=1S/C15H13F4N3O4/c1-7-12(13(20)22(2)21-7)14(24)25-6-10(23)8-3-4-11(9(16)5-8)26-15(17,18)19/h3-5H,6,20H2,1-2H3. The van der Waals surface area contributed by atoms with Gasteiger partial charge < -0.3 is 15.2 Å². The Balaban J connectivity index is 2.06. The predicted octanol–water partition coefficient (Wildman–Crippen LogP) is 2.39. The molecule has 0 bridgehead atoms. The largest absolute Gasteiger partial charge is 0.573 e. The van der Waals surface area contributed by atoms with Crippen LogP contribution in [0.3, 0.4) is 0 Å². The van der Waals surface area contributed by atoms with E-state index in [1.165, 1.54) is 18.7 Å². The van der Waals surface area contributed by atoms with Gasteiger partial charge in [-0.25, -0.2) is 9.18 Å². The highest BCUT2D eigenvalue weighted by Gasteiger charge is 2.32. The van der Waals surface area contributed by atoms with Gasteiger partial charge in [-0.3, -0.25) is 9.48 Å². The first-order chi connectivity index (χ1) is 12.0. The maximum Gasteiger partial charge on any atom is 0.573 e. The highest BCUT2D eigenvalue weighted by atomic mass is 19.4. The summed E-state index contributed by atoms with van der Waals surface area (Å²) in [4.78, 5) is 23.9. The summed E-state index contributed by atoms with van der Waals surface area (Å²) >= 11 is 0.